The minimum atomic E-state index is -4.65. The van der Waals surface area contributed by atoms with Crippen molar-refractivity contribution < 1.29 is 21.0 Å². The first-order valence-electron chi connectivity index (χ1n) is 11.6. The summed E-state index contributed by atoms with van der Waals surface area (Å²) in [5.41, 5.74) is -0.0866. The first kappa shape index (κ1) is 26.0. The fourth-order valence-electron chi connectivity index (χ4n) is 4.70. The van der Waals surface area contributed by atoms with Gasteiger partial charge >= 0.3 is 6.18 Å². The zero-order chi connectivity index (χ0) is 26.4. The molecule has 1 saturated heterocycles. The zero-order valence-electron chi connectivity index (χ0n) is 20.4. The summed E-state index contributed by atoms with van der Waals surface area (Å²) in [6, 6.07) is 8.70. The van der Waals surface area contributed by atoms with Gasteiger partial charge in [0.05, 0.1) is 18.7 Å². The first-order valence-corrected chi connectivity index (χ1v) is 12.5. The van der Waals surface area contributed by atoms with Crippen LogP contribution in [0.4, 0.5) is 13.2 Å². The number of aromatic amines is 1. The van der Waals surface area contributed by atoms with Crippen LogP contribution in [0.3, 0.4) is 0 Å². The predicted molar refractivity (Wildman–Crippen MR) is 138 cm³/mol. The maximum absolute atomic E-state index is 13.9. The third-order valence-electron chi connectivity index (χ3n) is 6.77. The Balaban J connectivity index is 1.64. The third kappa shape index (κ3) is 4.62. The lowest BCUT2D eigenvalue weighted by Crippen LogP contribution is -2.49. The molecule has 196 valence electrons. The highest BCUT2D eigenvalue weighted by Gasteiger charge is 2.42. The van der Waals surface area contributed by atoms with Gasteiger partial charge in [-0.25, -0.2) is 4.98 Å². The fourth-order valence-corrected chi connectivity index (χ4v) is 5.06. The summed E-state index contributed by atoms with van der Waals surface area (Å²) in [7, 11) is 1.89. The average molecular weight is 627 g/mol. The number of halogens is 4. The van der Waals surface area contributed by atoms with Crippen LogP contribution in [0.1, 0.15) is 36.6 Å². The number of nitrogens with zero attached hydrogens (tertiary/aromatic N) is 5. The number of fused-ring (bicyclic) bond motifs is 1. The van der Waals surface area contributed by atoms with Crippen LogP contribution in [0.15, 0.2) is 36.7 Å². The van der Waals surface area contributed by atoms with E-state index in [1.54, 1.807) is 36.3 Å². The predicted octanol–water partition coefficient (Wildman–Crippen LogP) is 4.43. The third-order valence-corrected chi connectivity index (χ3v) is 7.65. The molecule has 0 unspecified atom stereocenters. The van der Waals surface area contributed by atoms with Gasteiger partial charge in [-0.2, -0.15) is 18.3 Å². The molecule has 1 aliphatic rings. The van der Waals surface area contributed by atoms with Gasteiger partial charge in [-0.1, -0.05) is 25.1 Å². The van der Waals surface area contributed by atoms with Crippen LogP contribution in [-0.2, 0) is 38.6 Å². The second kappa shape index (κ2) is 9.60. The topological polar surface area (TPSA) is 103 Å². The van der Waals surface area contributed by atoms with E-state index in [0.717, 1.165) is 17.5 Å². The summed E-state index contributed by atoms with van der Waals surface area (Å²) < 4.78 is 54.8. The van der Waals surface area contributed by atoms with E-state index >= 15 is 0 Å². The van der Waals surface area contributed by atoms with Crippen LogP contribution in [0.25, 0.3) is 22.2 Å². The number of nitrogens with one attached hydrogen (secondary N) is 2. The van der Waals surface area contributed by atoms with Gasteiger partial charge in [-0.3, -0.25) is 13.5 Å². The van der Waals surface area contributed by atoms with Gasteiger partial charge in [0.2, 0.25) is 0 Å². The van der Waals surface area contributed by atoms with E-state index < -0.39 is 17.6 Å². The largest absolute Gasteiger partial charge is 0.433 e. The molecule has 4 heterocycles. The number of alkyl halides is 3. The molecule has 3 aromatic heterocycles. The van der Waals surface area contributed by atoms with Gasteiger partial charge in [-0.05, 0) is 31.2 Å². The second-order valence-electron chi connectivity index (χ2n) is 9.38. The van der Waals surface area contributed by atoms with E-state index in [9.17, 15) is 13.2 Å². The normalized spacial score (nSPS) is 17.1. The average Bonchev–Trinajstić information content (AvgIpc) is 3.46. The molecule has 0 saturated carbocycles. The van der Waals surface area contributed by atoms with Gasteiger partial charge in [0, 0.05) is 29.8 Å². The molecule has 1 aromatic carbocycles. The van der Waals surface area contributed by atoms with Crippen LogP contribution in [0.2, 0.25) is 0 Å². The van der Waals surface area contributed by atoms with Crippen molar-refractivity contribution in [3.05, 3.63) is 59.4 Å². The molecule has 4 aromatic rings. The lowest BCUT2D eigenvalue weighted by molar-refractivity contribution is -0.141. The van der Waals surface area contributed by atoms with E-state index in [2.05, 4.69) is 30.7 Å². The molecule has 0 spiro atoms. The Bertz CT molecular complexity index is 1430. The second-order valence-corrected chi connectivity index (χ2v) is 9.82. The number of aromatic nitrogens is 6. The number of ether oxygens (including phenoxy) is 1. The van der Waals surface area contributed by atoms with E-state index in [-0.39, 0.29) is 11.1 Å². The lowest BCUT2D eigenvalue weighted by Gasteiger charge is -2.41. The monoisotopic (exact) mass is 627 g/mol. The van der Waals surface area contributed by atoms with Crippen molar-refractivity contribution >= 4 is 33.9 Å². The number of benzene rings is 1. The number of hydrogen-bond donors (Lipinski definition) is 2. The number of hydrogen-bond acceptors (Lipinski definition) is 7. The van der Waals surface area contributed by atoms with Crippen LogP contribution in [0.5, 0.6) is 0 Å². The summed E-state index contributed by atoms with van der Waals surface area (Å²) in [6.07, 6.45) is -2.38. The van der Waals surface area contributed by atoms with Crippen LogP contribution >= 0.6 is 23.0 Å². The summed E-state index contributed by atoms with van der Waals surface area (Å²) in [6.45, 7) is 4.94. The molecular weight excluding hydrogens is 602 g/mol. The Hall–Kier alpha value is -2.62. The minimum Gasteiger partial charge on any atom is -0.379 e. The van der Waals surface area contributed by atoms with Crippen molar-refractivity contribution in [1.82, 2.24) is 35.3 Å². The minimum absolute atomic E-state index is 0.0784. The Morgan fingerprint density at radius 2 is 2.05 bits per heavy atom. The van der Waals surface area contributed by atoms with Crippen molar-refractivity contribution in [1.29, 1.82) is 0 Å². The molecule has 37 heavy (non-hydrogen) atoms. The highest BCUT2D eigenvalue weighted by molar-refractivity contribution is 14.1. The Labute approximate surface area is 224 Å². The van der Waals surface area contributed by atoms with Crippen molar-refractivity contribution in [2.75, 3.05) is 19.8 Å². The molecule has 1 atom stereocenters. The van der Waals surface area contributed by atoms with Crippen LogP contribution in [0, 0.1) is 0 Å². The molecule has 0 amide bonds. The lowest BCUT2D eigenvalue weighted by atomic mass is 9.75. The maximum atomic E-state index is 13.9. The van der Waals surface area contributed by atoms with Crippen molar-refractivity contribution in [3.63, 3.8) is 0 Å². The molecule has 0 radical (unpaired) electrons. The molecule has 1 aliphatic heterocycles. The van der Waals surface area contributed by atoms with E-state index in [0.29, 0.717) is 48.3 Å². The molecule has 0 bridgehead atoms. The summed E-state index contributed by atoms with van der Waals surface area (Å²) in [4.78, 5) is 3.95. The standard InChI is InChI=1S/C24H25F3IN7O2/c1-4-29-22(2,37-28)21-20-16(9-17(31-21)24(25,26)27)19(33-34-20)14-6-5-7-15(8-14)23(11-36-12-23)10-18-32-30-13-35(18)3/h5-9,13,29H,4,10-12H2,1-3H3,(H,33,34)/t22-/m1/s1. The zero-order valence-corrected chi connectivity index (χ0v) is 22.5. The highest BCUT2D eigenvalue weighted by Crippen LogP contribution is 2.40. The van der Waals surface area contributed by atoms with Crippen molar-refractivity contribution in [3.8, 4) is 11.3 Å². The highest BCUT2D eigenvalue weighted by atomic mass is 127. The summed E-state index contributed by atoms with van der Waals surface area (Å²) in [5.74, 6) is 0.825. The molecule has 9 nitrogen and oxygen atoms in total. The molecule has 2 N–H and O–H groups in total. The van der Waals surface area contributed by atoms with Gasteiger partial charge in [0.15, 0.2) is 5.72 Å². The SMILES string of the molecule is CCN[C@](C)(OI)c1nc(C(F)(F)F)cc2c(-c3cccc(C4(Cc5nncn5C)COC4)c3)n[nH]c12. The maximum Gasteiger partial charge on any atom is 0.433 e. The van der Waals surface area contributed by atoms with E-state index in [1.165, 1.54) is 0 Å². The van der Waals surface area contributed by atoms with E-state index in [1.807, 2.05) is 42.8 Å². The Morgan fingerprint density at radius 1 is 1.27 bits per heavy atom. The van der Waals surface area contributed by atoms with Gasteiger partial charge in [0.25, 0.3) is 0 Å². The Kier molecular flexibility index (Phi) is 6.75. The molecule has 1 fully saturated rings. The molecule has 13 heteroatoms. The fraction of sp³-hybridized carbons (Fsp3) is 0.417. The van der Waals surface area contributed by atoms with Crippen molar-refractivity contribution in [2.45, 2.75) is 37.6 Å². The molecular formula is C24H25F3IN7O2. The smallest absolute Gasteiger partial charge is 0.379 e. The van der Waals surface area contributed by atoms with Crippen LogP contribution in [-0.4, -0.2) is 49.7 Å². The number of aryl methyl sites for hydroxylation is 1. The number of pyridine rings is 1. The molecule has 5 rings (SSSR count). The number of rotatable bonds is 8. The van der Waals surface area contributed by atoms with Gasteiger partial charge in [0.1, 0.15) is 52.2 Å². The van der Waals surface area contributed by atoms with Crippen LogP contribution < -0.4 is 5.32 Å². The summed E-state index contributed by atoms with van der Waals surface area (Å²) >= 11 is 1.67. The van der Waals surface area contributed by atoms with Gasteiger partial charge in [-0.15, -0.1) is 10.2 Å². The summed E-state index contributed by atoms with van der Waals surface area (Å²) in [5, 5.41) is 18.9. The first-order chi connectivity index (χ1) is 17.6. The van der Waals surface area contributed by atoms with Crippen molar-refractivity contribution in [2.24, 2.45) is 7.05 Å². The van der Waals surface area contributed by atoms with Gasteiger partial charge < -0.3 is 9.30 Å². The quantitative estimate of drug-likeness (QED) is 0.220. The molecule has 0 aliphatic carbocycles. The Morgan fingerprint density at radius 3 is 2.65 bits per heavy atom. The number of H-pyrrole nitrogens is 1. The van der Waals surface area contributed by atoms with E-state index in [4.69, 9.17) is 7.80 Å².